The van der Waals surface area contributed by atoms with Gasteiger partial charge in [0, 0.05) is 20.0 Å². The number of halogens is 2. The first-order valence-electron chi connectivity index (χ1n) is 6.94. The van der Waals surface area contributed by atoms with Gasteiger partial charge in [0.1, 0.15) is 5.75 Å². The number of amides is 1. The molecule has 118 valence electrons. The Balaban J connectivity index is 2.53. The van der Waals surface area contributed by atoms with E-state index < -0.39 is 6.61 Å². The van der Waals surface area contributed by atoms with Crippen molar-refractivity contribution in [1.82, 2.24) is 4.90 Å². The first kappa shape index (κ1) is 17.4. The van der Waals surface area contributed by atoms with Crippen LogP contribution in [-0.2, 0) is 11.3 Å². The molecule has 6 heteroatoms. The van der Waals surface area contributed by atoms with Gasteiger partial charge in [-0.2, -0.15) is 8.78 Å². The molecule has 21 heavy (non-hydrogen) atoms. The standard InChI is InChI=1S/C15H22F2N2O2/c1-3-11(9-18)8-14(20)19(2)10-12-4-6-13(7-5-12)21-15(16)17/h4-7,11,15H,3,8-10,18H2,1-2H3. The van der Waals surface area contributed by atoms with E-state index in [2.05, 4.69) is 4.74 Å². The fourth-order valence-electron chi connectivity index (χ4n) is 1.94. The number of nitrogens with zero attached hydrogens (tertiary/aromatic N) is 1. The minimum Gasteiger partial charge on any atom is -0.435 e. The highest BCUT2D eigenvalue weighted by Crippen LogP contribution is 2.16. The van der Waals surface area contributed by atoms with Crippen molar-refractivity contribution in [3.8, 4) is 5.75 Å². The Hall–Kier alpha value is -1.69. The summed E-state index contributed by atoms with van der Waals surface area (Å²) >= 11 is 0. The van der Waals surface area contributed by atoms with Gasteiger partial charge in [0.05, 0.1) is 0 Å². The molecule has 0 bridgehead atoms. The molecular formula is C15H22F2N2O2. The topological polar surface area (TPSA) is 55.6 Å². The van der Waals surface area contributed by atoms with E-state index in [0.717, 1.165) is 12.0 Å². The lowest BCUT2D eigenvalue weighted by molar-refractivity contribution is -0.131. The van der Waals surface area contributed by atoms with Crippen LogP contribution >= 0.6 is 0 Å². The largest absolute Gasteiger partial charge is 0.435 e. The van der Waals surface area contributed by atoms with Crippen LogP contribution < -0.4 is 10.5 Å². The Kier molecular flexibility index (Phi) is 7.08. The van der Waals surface area contributed by atoms with Crippen LogP contribution in [0.1, 0.15) is 25.3 Å². The summed E-state index contributed by atoms with van der Waals surface area (Å²) in [6.07, 6.45) is 1.30. The van der Waals surface area contributed by atoms with Crippen LogP contribution in [0, 0.1) is 5.92 Å². The Morgan fingerprint density at radius 1 is 1.33 bits per heavy atom. The maximum absolute atomic E-state index is 12.0. The smallest absolute Gasteiger partial charge is 0.387 e. The molecule has 1 atom stereocenters. The maximum Gasteiger partial charge on any atom is 0.387 e. The number of ether oxygens (including phenoxy) is 1. The summed E-state index contributed by atoms with van der Waals surface area (Å²) in [4.78, 5) is 13.6. The van der Waals surface area contributed by atoms with Crippen molar-refractivity contribution in [2.45, 2.75) is 32.9 Å². The van der Waals surface area contributed by atoms with Gasteiger partial charge in [-0.15, -0.1) is 0 Å². The number of hydrogen-bond acceptors (Lipinski definition) is 3. The fourth-order valence-corrected chi connectivity index (χ4v) is 1.94. The van der Waals surface area contributed by atoms with Crippen molar-refractivity contribution < 1.29 is 18.3 Å². The lowest BCUT2D eigenvalue weighted by Crippen LogP contribution is -2.29. The molecular weight excluding hydrogens is 278 g/mol. The molecule has 2 N–H and O–H groups in total. The SMILES string of the molecule is CCC(CN)CC(=O)N(C)Cc1ccc(OC(F)F)cc1. The monoisotopic (exact) mass is 300 g/mol. The Bertz CT molecular complexity index is 434. The summed E-state index contributed by atoms with van der Waals surface area (Å²) < 4.78 is 28.4. The van der Waals surface area contributed by atoms with Crippen LogP contribution in [0.3, 0.4) is 0 Å². The van der Waals surface area contributed by atoms with E-state index >= 15 is 0 Å². The molecule has 4 nitrogen and oxygen atoms in total. The van der Waals surface area contributed by atoms with Gasteiger partial charge in [0.25, 0.3) is 0 Å². The molecule has 0 aromatic heterocycles. The number of hydrogen-bond donors (Lipinski definition) is 1. The van der Waals surface area contributed by atoms with Crippen LogP contribution in [-0.4, -0.2) is 31.0 Å². The lowest BCUT2D eigenvalue weighted by Gasteiger charge is -2.20. The highest BCUT2D eigenvalue weighted by Gasteiger charge is 2.14. The van der Waals surface area contributed by atoms with Crippen molar-refractivity contribution in [3.63, 3.8) is 0 Å². The maximum atomic E-state index is 12.0. The summed E-state index contributed by atoms with van der Waals surface area (Å²) in [6, 6.07) is 6.27. The minimum absolute atomic E-state index is 0.0280. The molecule has 1 aromatic carbocycles. The first-order valence-corrected chi connectivity index (χ1v) is 6.94. The normalized spacial score (nSPS) is 12.3. The molecule has 0 aliphatic rings. The number of alkyl halides is 2. The Morgan fingerprint density at radius 3 is 2.43 bits per heavy atom. The Morgan fingerprint density at radius 2 is 1.95 bits per heavy atom. The number of benzene rings is 1. The third kappa shape index (κ3) is 6.08. The average molecular weight is 300 g/mol. The Labute approximate surface area is 123 Å². The first-order chi connectivity index (χ1) is 9.96. The zero-order chi connectivity index (χ0) is 15.8. The van der Waals surface area contributed by atoms with Crippen molar-refractivity contribution >= 4 is 5.91 Å². The van der Waals surface area contributed by atoms with Crippen LogP contribution in [0.4, 0.5) is 8.78 Å². The molecule has 0 heterocycles. The molecule has 0 radical (unpaired) electrons. The van der Waals surface area contributed by atoms with Crippen LogP contribution in [0.5, 0.6) is 5.75 Å². The molecule has 0 spiro atoms. The number of carbonyl (C=O) groups is 1. The van der Waals surface area contributed by atoms with Crippen molar-refractivity contribution in [3.05, 3.63) is 29.8 Å². The molecule has 1 unspecified atom stereocenters. The lowest BCUT2D eigenvalue weighted by atomic mass is 10.0. The zero-order valence-corrected chi connectivity index (χ0v) is 12.4. The van der Waals surface area contributed by atoms with Crippen LogP contribution in [0.25, 0.3) is 0 Å². The highest BCUT2D eigenvalue weighted by molar-refractivity contribution is 5.76. The fraction of sp³-hybridized carbons (Fsp3) is 0.533. The second kappa shape index (κ2) is 8.56. The molecule has 0 aliphatic heterocycles. The van der Waals surface area contributed by atoms with E-state index in [9.17, 15) is 13.6 Å². The van der Waals surface area contributed by atoms with Gasteiger partial charge in [-0.25, -0.2) is 0 Å². The van der Waals surface area contributed by atoms with Gasteiger partial charge in [-0.3, -0.25) is 4.79 Å². The predicted molar refractivity (Wildman–Crippen MR) is 77.0 cm³/mol. The average Bonchev–Trinajstić information content (AvgIpc) is 2.45. The number of carbonyl (C=O) groups excluding carboxylic acids is 1. The van der Waals surface area contributed by atoms with Gasteiger partial charge < -0.3 is 15.4 Å². The summed E-state index contributed by atoms with van der Waals surface area (Å²) in [5.41, 5.74) is 6.45. The van der Waals surface area contributed by atoms with Crippen molar-refractivity contribution in [1.29, 1.82) is 0 Å². The molecule has 0 saturated heterocycles. The zero-order valence-electron chi connectivity index (χ0n) is 12.4. The van der Waals surface area contributed by atoms with E-state index in [-0.39, 0.29) is 17.6 Å². The van der Waals surface area contributed by atoms with E-state index in [1.54, 1.807) is 24.1 Å². The third-order valence-electron chi connectivity index (χ3n) is 3.37. The van der Waals surface area contributed by atoms with Gasteiger partial charge in [0.15, 0.2) is 0 Å². The quantitative estimate of drug-likeness (QED) is 0.803. The van der Waals surface area contributed by atoms with E-state index in [4.69, 9.17) is 5.73 Å². The third-order valence-corrected chi connectivity index (χ3v) is 3.37. The molecule has 1 amide bonds. The van der Waals surface area contributed by atoms with Gasteiger partial charge in [-0.05, 0) is 30.2 Å². The summed E-state index contributed by atoms with van der Waals surface area (Å²) in [7, 11) is 1.72. The molecule has 0 saturated carbocycles. The summed E-state index contributed by atoms with van der Waals surface area (Å²) in [5.74, 6) is 0.332. The second-order valence-electron chi connectivity index (χ2n) is 4.99. The van der Waals surface area contributed by atoms with E-state index in [1.807, 2.05) is 6.92 Å². The number of rotatable bonds is 8. The predicted octanol–water partition coefficient (Wildman–Crippen LogP) is 2.62. The van der Waals surface area contributed by atoms with Gasteiger partial charge in [0.2, 0.25) is 5.91 Å². The summed E-state index contributed by atoms with van der Waals surface area (Å²) in [6.45, 7) is 0.0965. The van der Waals surface area contributed by atoms with Gasteiger partial charge in [-0.1, -0.05) is 25.5 Å². The second-order valence-corrected chi connectivity index (χ2v) is 4.99. The van der Waals surface area contributed by atoms with Gasteiger partial charge >= 0.3 is 6.61 Å². The summed E-state index contributed by atoms with van der Waals surface area (Å²) in [5, 5.41) is 0. The van der Waals surface area contributed by atoms with Crippen LogP contribution in [0.15, 0.2) is 24.3 Å². The number of nitrogens with two attached hydrogens (primary N) is 1. The van der Waals surface area contributed by atoms with Crippen molar-refractivity contribution in [2.24, 2.45) is 11.7 Å². The molecule has 0 aliphatic carbocycles. The molecule has 0 fully saturated rings. The molecule has 1 aromatic rings. The van der Waals surface area contributed by atoms with Crippen molar-refractivity contribution in [2.75, 3.05) is 13.6 Å². The van der Waals surface area contributed by atoms with E-state index in [0.29, 0.717) is 19.5 Å². The molecule has 1 rings (SSSR count). The van der Waals surface area contributed by atoms with Crippen LogP contribution in [0.2, 0.25) is 0 Å². The van der Waals surface area contributed by atoms with E-state index in [1.165, 1.54) is 12.1 Å². The highest BCUT2D eigenvalue weighted by atomic mass is 19.3. The minimum atomic E-state index is -2.83.